The lowest BCUT2D eigenvalue weighted by molar-refractivity contribution is -0.137. The van der Waals surface area contributed by atoms with Gasteiger partial charge in [-0.25, -0.2) is 0 Å². The summed E-state index contributed by atoms with van der Waals surface area (Å²) in [5.41, 5.74) is 1.22. The third-order valence-electron chi connectivity index (χ3n) is 5.93. The quantitative estimate of drug-likeness (QED) is 0.317. The Kier molecular flexibility index (Phi) is 8.16. The fourth-order valence-corrected chi connectivity index (χ4v) is 4.97. The van der Waals surface area contributed by atoms with Crippen LogP contribution in [0.1, 0.15) is 29.7 Å². The Bertz CT molecular complexity index is 1500. The maximum absolute atomic E-state index is 13.4. The Morgan fingerprint density at radius 2 is 1.85 bits per heavy atom. The first kappa shape index (κ1) is 27.6. The lowest BCUT2D eigenvalue weighted by Crippen LogP contribution is -2.31. The molecular weight excluding hydrogens is 529 g/mol. The van der Waals surface area contributed by atoms with E-state index in [0.29, 0.717) is 22.2 Å². The lowest BCUT2D eigenvalue weighted by atomic mass is 9.85. The third-order valence-corrected chi connectivity index (χ3v) is 6.95. The summed E-state index contributed by atoms with van der Waals surface area (Å²) >= 11 is 1.09. The molecule has 2 amide bonds. The highest BCUT2D eigenvalue weighted by molar-refractivity contribution is 8.03. The first-order valence-corrected chi connectivity index (χ1v) is 12.7. The molecule has 0 radical (unpaired) electrons. The maximum Gasteiger partial charge on any atom is 0.416 e. The van der Waals surface area contributed by atoms with Crippen molar-refractivity contribution in [1.29, 1.82) is 5.26 Å². The molecule has 3 aromatic rings. The average Bonchev–Trinajstić information content (AvgIpc) is 3.42. The molecule has 0 unspecified atom stereocenters. The van der Waals surface area contributed by atoms with Crippen molar-refractivity contribution in [1.82, 2.24) is 5.32 Å². The number of aryl methyl sites for hydroxylation is 1. The number of benzene rings is 2. The number of allylic oxidation sites excluding steroid dienone is 2. The number of carbonyl (C=O) groups excluding carboxylic acids is 2. The van der Waals surface area contributed by atoms with Gasteiger partial charge in [-0.2, -0.15) is 18.4 Å². The molecule has 0 saturated heterocycles. The molecule has 2 aromatic carbocycles. The van der Waals surface area contributed by atoms with E-state index in [1.807, 2.05) is 25.1 Å². The molecule has 1 aliphatic heterocycles. The van der Waals surface area contributed by atoms with Crippen LogP contribution in [0, 0.1) is 18.3 Å². The van der Waals surface area contributed by atoms with Crippen molar-refractivity contribution < 1.29 is 27.2 Å². The van der Waals surface area contributed by atoms with E-state index in [2.05, 4.69) is 22.0 Å². The summed E-state index contributed by atoms with van der Waals surface area (Å²) in [5.74, 6) is -1.66. The van der Waals surface area contributed by atoms with Gasteiger partial charge in [0.1, 0.15) is 5.76 Å². The second kappa shape index (κ2) is 11.5. The number of anilines is 2. The standard InChI is InChI=1S/C28H23F3N4O3S/c1-16-7-3-4-10-21(16)35-23(36)15-39-27-20(14-32)25(22-11-6-12-38-22)24(17(2)33-27)26(37)34-19-9-5-8-18(13-19)28(29,30)31/h3-13,25,33H,15H2,1-2H3,(H,34,37)(H,35,36)/t25-/m0/s1. The molecule has 0 fully saturated rings. The first-order chi connectivity index (χ1) is 18.6. The molecule has 1 aliphatic rings. The number of carbonyl (C=O) groups is 2. The summed E-state index contributed by atoms with van der Waals surface area (Å²) in [6.07, 6.45) is -3.18. The molecule has 0 spiro atoms. The van der Waals surface area contributed by atoms with Gasteiger partial charge in [-0.3, -0.25) is 9.59 Å². The molecule has 0 bridgehead atoms. The van der Waals surface area contributed by atoms with Crippen LogP contribution in [0.5, 0.6) is 0 Å². The Morgan fingerprint density at radius 3 is 2.51 bits per heavy atom. The normalized spacial score (nSPS) is 15.4. The topological polar surface area (TPSA) is 107 Å². The van der Waals surface area contributed by atoms with Crippen LogP contribution in [0.15, 0.2) is 93.2 Å². The molecule has 1 atom stereocenters. The molecule has 3 N–H and O–H groups in total. The number of hydrogen-bond donors (Lipinski definition) is 3. The van der Waals surface area contributed by atoms with Gasteiger partial charge in [0.2, 0.25) is 5.91 Å². The zero-order chi connectivity index (χ0) is 28.2. The molecule has 7 nitrogen and oxygen atoms in total. The maximum atomic E-state index is 13.4. The second-order valence-electron chi connectivity index (χ2n) is 8.65. The highest BCUT2D eigenvalue weighted by Gasteiger charge is 2.37. The van der Waals surface area contributed by atoms with Gasteiger partial charge < -0.3 is 20.4 Å². The summed E-state index contributed by atoms with van der Waals surface area (Å²) in [4.78, 5) is 26.0. The zero-order valence-corrected chi connectivity index (χ0v) is 21.7. The predicted octanol–water partition coefficient (Wildman–Crippen LogP) is 6.31. The minimum atomic E-state index is -4.58. The number of thioether (sulfide) groups is 1. The van der Waals surface area contributed by atoms with Crippen LogP contribution in [0.25, 0.3) is 0 Å². The average molecular weight is 553 g/mol. The molecule has 200 valence electrons. The third kappa shape index (κ3) is 6.35. The molecule has 2 heterocycles. The zero-order valence-electron chi connectivity index (χ0n) is 20.8. The van der Waals surface area contributed by atoms with E-state index < -0.39 is 23.6 Å². The number of furan rings is 1. The van der Waals surface area contributed by atoms with Gasteiger partial charge in [0.25, 0.3) is 5.91 Å². The van der Waals surface area contributed by atoms with Gasteiger partial charge in [0.15, 0.2) is 0 Å². The summed E-state index contributed by atoms with van der Waals surface area (Å²) in [7, 11) is 0. The fourth-order valence-electron chi connectivity index (χ4n) is 4.08. The van der Waals surface area contributed by atoms with Crippen LogP contribution < -0.4 is 16.0 Å². The number of dihydropyridines is 1. The molecular formula is C28H23F3N4O3S. The number of rotatable bonds is 7. The number of nitrogens with one attached hydrogen (secondary N) is 3. The van der Waals surface area contributed by atoms with E-state index in [1.54, 1.807) is 25.1 Å². The van der Waals surface area contributed by atoms with Crippen molar-refractivity contribution in [2.24, 2.45) is 0 Å². The van der Waals surface area contributed by atoms with E-state index in [4.69, 9.17) is 4.42 Å². The van der Waals surface area contributed by atoms with Crippen LogP contribution in [0.3, 0.4) is 0 Å². The summed E-state index contributed by atoms with van der Waals surface area (Å²) in [5, 5.41) is 18.8. The second-order valence-corrected chi connectivity index (χ2v) is 9.64. The Balaban J connectivity index is 1.59. The highest BCUT2D eigenvalue weighted by Crippen LogP contribution is 2.41. The molecule has 11 heteroatoms. The van der Waals surface area contributed by atoms with Crippen molar-refractivity contribution >= 4 is 35.0 Å². The fraction of sp³-hybridized carbons (Fsp3) is 0.179. The van der Waals surface area contributed by atoms with Crippen molar-refractivity contribution in [2.75, 3.05) is 16.4 Å². The minimum Gasteiger partial charge on any atom is -0.468 e. The number of alkyl halides is 3. The summed E-state index contributed by atoms with van der Waals surface area (Å²) in [6.45, 7) is 3.48. The van der Waals surface area contributed by atoms with Gasteiger partial charge in [-0.1, -0.05) is 36.0 Å². The number of amides is 2. The smallest absolute Gasteiger partial charge is 0.416 e. The number of para-hydroxylation sites is 1. The van der Waals surface area contributed by atoms with Gasteiger partial charge >= 0.3 is 6.18 Å². The van der Waals surface area contributed by atoms with E-state index in [9.17, 15) is 28.0 Å². The number of halogens is 3. The Hall–Kier alpha value is -4.43. The molecule has 4 rings (SSSR count). The molecule has 0 aliphatic carbocycles. The van der Waals surface area contributed by atoms with Crippen molar-refractivity contribution in [3.05, 3.63) is 106 Å². The van der Waals surface area contributed by atoms with E-state index >= 15 is 0 Å². The van der Waals surface area contributed by atoms with Crippen LogP contribution in [-0.4, -0.2) is 17.6 Å². The minimum absolute atomic E-state index is 0.0221. The van der Waals surface area contributed by atoms with E-state index in [0.717, 1.165) is 29.5 Å². The highest BCUT2D eigenvalue weighted by atomic mass is 32.2. The molecule has 39 heavy (non-hydrogen) atoms. The number of hydrogen-bond acceptors (Lipinski definition) is 6. The summed E-state index contributed by atoms with van der Waals surface area (Å²) < 4.78 is 45.0. The van der Waals surface area contributed by atoms with Crippen LogP contribution in [0.4, 0.5) is 24.5 Å². The Morgan fingerprint density at radius 1 is 1.08 bits per heavy atom. The lowest BCUT2D eigenvalue weighted by Gasteiger charge is -2.28. The monoisotopic (exact) mass is 552 g/mol. The van der Waals surface area contributed by atoms with Gasteiger partial charge in [0, 0.05) is 17.1 Å². The molecule has 0 saturated carbocycles. The SMILES string of the molecule is CC1=C(C(=O)Nc2cccc(C(F)(F)F)c2)[C@H](c2ccco2)C(C#N)=C(SCC(=O)Nc2ccccc2C)N1. The summed E-state index contributed by atoms with van der Waals surface area (Å²) in [6, 6.07) is 16.9. The van der Waals surface area contributed by atoms with Crippen LogP contribution in [-0.2, 0) is 15.8 Å². The van der Waals surface area contributed by atoms with Crippen LogP contribution >= 0.6 is 11.8 Å². The van der Waals surface area contributed by atoms with Gasteiger partial charge in [-0.05, 0) is 55.8 Å². The Labute approximate surface area is 226 Å². The predicted molar refractivity (Wildman–Crippen MR) is 142 cm³/mol. The number of nitrogens with zero attached hydrogens (tertiary/aromatic N) is 1. The van der Waals surface area contributed by atoms with E-state index in [1.165, 1.54) is 18.4 Å². The van der Waals surface area contributed by atoms with Crippen molar-refractivity contribution in [2.45, 2.75) is 25.9 Å². The largest absolute Gasteiger partial charge is 0.468 e. The van der Waals surface area contributed by atoms with Gasteiger partial charge in [-0.15, -0.1) is 0 Å². The van der Waals surface area contributed by atoms with E-state index in [-0.39, 0.29) is 28.5 Å². The van der Waals surface area contributed by atoms with Gasteiger partial charge in [0.05, 0.1) is 45.7 Å². The number of nitriles is 1. The van der Waals surface area contributed by atoms with Crippen LogP contribution in [0.2, 0.25) is 0 Å². The van der Waals surface area contributed by atoms with Crippen molar-refractivity contribution in [3.8, 4) is 6.07 Å². The molecule has 1 aromatic heterocycles. The first-order valence-electron chi connectivity index (χ1n) is 11.7. The van der Waals surface area contributed by atoms with Crippen molar-refractivity contribution in [3.63, 3.8) is 0 Å².